The fourth-order valence-corrected chi connectivity index (χ4v) is 3.75. The van der Waals surface area contributed by atoms with Gasteiger partial charge in [-0.25, -0.2) is 0 Å². The summed E-state index contributed by atoms with van der Waals surface area (Å²) in [5, 5.41) is 14.2. The molecule has 0 atom stereocenters. The van der Waals surface area contributed by atoms with Crippen LogP contribution in [0.15, 0.2) is 22.7 Å². The SMILES string of the molecule is Cc1nnc(SCC(=O)NCCc2cccs2)n1C1CC1. The first-order valence-corrected chi connectivity index (χ1v) is 8.94. The molecular formula is C14H18N4OS2. The zero-order valence-electron chi connectivity index (χ0n) is 11.9. The fraction of sp³-hybridized carbons (Fsp3) is 0.500. The maximum atomic E-state index is 11.9. The molecule has 0 aromatic carbocycles. The smallest absolute Gasteiger partial charge is 0.230 e. The topological polar surface area (TPSA) is 59.8 Å². The summed E-state index contributed by atoms with van der Waals surface area (Å²) in [6.07, 6.45) is 3.28. The Morgan fingerprint density at radius 2 is 2.38 bits per heavy atom. The van der Waals surface area contributed by atoms with Gasteiger partial charge in [-0.3, -0.25) is 4.79 Å². The minimum atomic E-state index is 0.0551. The van der Waals surface area contributed by atoms with Crippen LogP contribution in [0.3, 0.4) is 0 Å². The molecule has 2 aromatic rings. The molecule has 7 heteroatoms. The van der Waals surface area contributed by atoms with Crippen LogP contribution in [0.5, 0.6) is 0 Å². The average molecular weight is 322 g/mol. The number of thiophene rings is 1. The van der Waals surface area contributed by atoms with Crippen LogP contribution in [-0.4, -0.2) is 33.0 Å². The van der Waals surface area contributed by atoms with E-state index < -0.39 is 0 Å². The number of carbonyl (C=O) groups is 1. The van der Waals surface area contributed by atoms with Crippen LogP contribution >= 0.6 is 23.1 Å². The van der Waals surface area contributed by atoms with Crippen LogP contribution in [0, 0.1) is 6.92 Å². The average Bonchev–Trinajstić information content (AvgIpc) is 3.03. The molecule has 112 valence electrons. The van der Waals surface area contributed by atoms with Crippen molar-refractivity contribution in [2.75, 3.05) is 12.3 Å². The highest BCUT2D eigenvalue weighted by atomic mass is 32.2. The zero-order chi connectivity index (χ0) is 14.7. The van der Waals surface area contributed by atoms with Gasteiger partial charge in [0.05, 0.1) is 5.75 Å². The summed E-state index contributed by atoms with van der Waals surface area (Å²) in [6.45, 7) is 2.66. The lowest BCUT2D eigenvalue weighted by atomic mass is 10.3. The molecule has 5 nitrogen and oxygen atoms in total. The van der Waals surface area contributed by atoms with Gasteiger partial charge < -0.3 is 9.88 Å². The third kappa shape index (κ3) is 3.85. The third-order valence-electron chi connectivity index (χ3n) is 3.35. The second-order valence-electron chi connectivity index (χ2n) is 5.10. The van der Waals surface area contributed by atoms with Crippen LogP contribution in [0.4, 0.5) is 0 Å². The molecule has 1 N–H and O–H groups in total. The predicted octanol–water partition coefficient (Wildman–Crippen LogP) is 2.43. The zero-order valence-corrected chi connectivity index (χ0v) is 13.5. The van der Waals surface area contributed by atoms with Gasteiger partial charge in [0, 0.05) is 17.5 Å². The largest absolute Gasteiger partial charge is 0.355 e. The number of aromatic nitrogens is 3. The monoisotopic (exact) mass is 322 g/mol. The third-order valence-corrected chi connectivity index (χ3v) is 5.23. The first-order valence-electron chi connectivity index (χ1n) is 7.07. The van der Waals surface area contributed by atoms with Gasteiger partial charge in [0.1, 0.15) is 5.82 Å². The molecule has 0 aliphatic heterocycles. The van der Waals surface area contributed by atoms with Crippen LogP contribution in [0.2, 0.25) is 0 Å². The molecule has 1 saturated carbocycles. The minimum Gasteiger partial charge on any atom is -0.355 e. The molecule has 3 rings (SSSR count). The lowest BCUT2D eigenvalue weighted by Crippen LogP contribution is -2.27. The van der Waals surface area contributed by atoms with Crippen LogP contribution < -0.4 is 5.32 Å². The number of amides is 1. The summed E-state index contributed by atoms with van der Waals surface area (Å²) in [4.78, 5) is 13.2. The molecule has 2 aromatic heterocycles. The van der Waals surface area contributed by atoms with E-state index >= 15 is 0 Å². The van der Waals surface area contributed by atoms with Crippen molar-refractivity contribution in [2.45, 2.75) is 37.4 Å². The van der Waals surface area contributed by atoms with E-state index in [-0.39, 0.29) is 5.91 Å². The van der Waals surface area contributed by atoms with Gasteiger partial charge in [-0.1, -0.05) is 17.8 Å². The van der Waals surface area contributed by atoms with E-state index in [2.05, 4.69) is 31.5 Å². The van der Waals surface area contributed by atoms with Gasteiger partial charge in [0.15, 0.2) is 5.16 Å². The predicted molar refractivity (Wildman–Crippen MR) is 84.8 cm³/mol. The molecule has 1 aliphatic rings. The number of carbonyl (C=O) groups excluding carboxylic acids is 1. The van der Waals surface area contributed by atoms with E-state index in [1.165, 1.54) is 29.5 Å². The van der Waals surface area contributed by atoms with Gasteiger partial charge in [-0.05, 0) is 37.6 Å². The Kier molecular flexibility index (Phi) is 4.60. The summed E-state index contributed by atoms with van der Waals surface area (Å²) >= 11 is 3.19. The quantitative estimate of drug-likeness (QED) is 0.795. The van der Waals surface area contributed by atoms with Gasteiger partial charge in [0.2, 0.25) is 5.91 Å². The highest BCUT2D eigenvalue weighted by Gasteiger charge is 2.28. The van der Waals surface area contributed by atoms with E-state index in [9.17, 15) is 4.79 Å². The Bertz CT molecular complexity index is 605. The number of hydrogen-bond donors (Lipinski definition) is 1. The standard InChI is InChI=1S/C14H18N4OS2/c1-10-16-17-14(18(10)11-4-5-11)21-9-13(19)15-7-6-12-3-2-8-20-12/h2-3,8,11H,4-7,9H2,1H3,(H,15,19). The summed E-state index contributed by atoms with van der Waals surface area (Å²) in [5.41, 5.74) is 0. The Morgan fingerprint density at radius 1 is 1.52 bits per heavy atom. The molecule has 21 heavy (non-hydrogen) atoms. The summed E-state index contributed by atoms with van der Waals surface area (Å²) in [7, 11) is 0. The molecule has 0 saturated heterocycles. The maximum Gasteiger partial charge on any atom is 0.230 e. The minimum absolute atomic E-state index is 0.0551. The Hall–Kier alpha value is -1.34. The van der Waals surface area contributed by atoms with Crippen LogP contribution in [0.1, 0.15) is 29.6 Å². The van der Waals surface area contributed by atoms with Crippen molar-refractivity contribution >= 4 is 29.0 Å². The summed E-state index contributed by atoms with van der Waals surface area (Å²) in [6, 6.07) is 4.67. The summed E-state index contributed by atoms with van der Waals surface area (Å²) < 4.78 is 2.16. The molecule has 1 aliphatic carbocycles. The van der Waals surface area contributed by atoms with Crippen molar-refractivity contribution in [3.8, 4) is 0 Å². The highest BCUT2D eigenvalue weighted by Crippen LogP contribution is 2.38. The number of rotatable bonds is 7. The second kappa shape index (κ2) is 6.62. The van der Waals surface area contributed by atoms with Crippen LogP contribution in [-0.2, 0) is 11.2 Å². The van der Waals surface area contributed by atoms with Crippen molar-refractivity contribution in [3.63, 3.8) is 0 Å². The Morgan fingerprint density at radius 3 is 3.10 bits per heavy atom. The first-order chi connectivity index (χ1) is 10.2. The van der Waals surface area contributed by atoms with E-state index in [0.717, 1.165) is 17.4 Å². The molecular weight excluding hydrogens is 304 g/mol. The number of nitrogens with zero attached hydrogens (tertiary/aromatic N) is 3. The molecule has 1 fully saturated rings. The van der Waals surface area contributed by atoms with Crippen molar-refractivity contribution in [1.82, 2.24) is 20.1 Å². The number of hydrogen-bond acceptors (Lipinski definition) is 5. The molecule has 0 radical (unpaired) electrons. The summed E-state index contributed by atoms with van der Waals surface area (Å²) in [5.74, 6) is 1.40. The molecule has 0 spiro atoms. The lowest BCUT2D eigenvalue weighted by molar-refractivity contribution is -0.118. The van der Waals surface area contributed by atoms with Crippen molar-refractivity contribution in [2.24, 2.45) is 0 Å². The molecule has 1 amide bonds. The Balaban J connectivity index is 1.43. The maximum absolute atomic E-state index is 11.9. The van der Waals surface area contributed by atoms with Crippen LogP contribution in [0.25, 0.3) is 0 Å². The first kappa shape index (κ1) is 14.6. The lowest BCUT2D eigenvalue weighted by Gasteiger charge is -2.06. The van der Waals surface area contributed by atoms with E-state index in [1.807, 2.05) is 13.0 Å². The number of nitrogens with one attached hydrogen (secondary N) is 1. The van der Waals surface area contributed by atoms with E-state index in [1.54, 1.807) is 11.3 Å². The van der Waals surface area contributed by atoms with E-state index in [0.29, 0.717) is 18.3 Å². The van der Waals surface area contributed by atoms with Gasteiger partial charge in [-0.15, -0.1) is 21.5 Å². The highest BCUT2D eigenvalue weighted by molar-refractivity contribution is 7.99. The molecule has 0 bridgehead atoms. The van der Waals surface area contributed by atoms with Gasteiger partial charge in [0.25, 0.3) is 0 Å². The van der Waals surface area contributed by atoms with Crippen molar-refractivity contribution in [1.29, 1.82) is 0 Å². The fourth-order valence-electron chi connectivity index (χ4n) is 2.16. The second-order valence-corrected chi connectivity index (χ2v) is 7.07. The Labute approximate surface area is 132 Å². The van der Waals surface area contributed by atoms with Gasteiger partial charge in [-0.2, -0.15) is 0 Å². The molecule has 0 unspecified atom stereocenters. The van der Waals surface area contributed by atoms with Crippen molar-refractivity contribution in [3.05, 3.63) is 28.2 Å². The number of thioether (sulfide) groups is 1. The number of aryl methyl sites for hydroxylation is 1. The molecule has 2 heterocycles. The normalized spacial score (nSPS) is 14.3. The van der Waals surface area contributed by atoms with Crippen molar-refractivity contribution < 1.29 is 4.79 Å². The van der Waals surface area contributed by atoms with E-state index in [4.69, 9.17) is 0 Å². The van der Waals surface area contributed by atoms with Gasteiger partial charge >= 0.3 is 0 Å².